The van der Waals surface area contributed by atoms with Gasteiger partial charge in [-0.2, -0.15) is 0 Å². The average Bonchev–Trinajstić information content (AvgIpc) is 3.68. The van der Waals surface area contributed by atoms with E-state index in [-0.39, 0.29) is 35.4 Å². The number of halogens is 1. The van der Waals surface area contributed by atoms with Gasteiger partial charge in [0.2, 0.25) is 5.91 Å². The summed E-state index contributed by atoms with van der Waals surface area (Å²) in [4.78, 5) is 41.5. The van der Waals surface area contributed by atoms with Gasteiger partial charge in [-0.25, -0.2) is 12.7 Å². The van der Waals surface area contributed by atoms with Gasteiger partial charge in [0.05, 0.1) is 17.9 Å². The van der Waals surface area contributed by atoms with Gasteiger partial charge in [0.15, 0.2) is 6.04 Å². The zero-order valence-electron chi connectivity index (χ0n) is 20.8. The highest BCUT2D eigenvalue weighted by atomic mass is 35.5. The second kappa shape index (κ2) is 11.2. The highest BCUT2D eigenvalue weighted by Crippen LogP contribution is 2.32. The lowest BCUT2D eigenvalue weighted by molar-refractivity contribution is -0.142. The van der Waals surface area contributed by atoms with E-state index in [4.69, 9.17) is 20.8 Å². The summed E-state index contributed by atoms with van der Waals surface area (Å²) in [5.74, 6) is -1.97. The Hall–Kier alpha value is -3.67. The van der Waals surface area contributed by atoms with Crippen LogP contribution >= 0.6 is 11.6 Å². The van der Waals surface area contributed by atoms with Crippen molar-refractivity contribution in [3.63, 3.8) is 0 Å². The number of benzene rings is 2. The van der Waals surface area contributed by atoms with Crippen molar-refractivity contribution in [2.24, 2.45) is 0 Å². The molecule has 12 heteroatoms. The van der Waals surface area contributed by atoms with Crippen LogP contribution in [-0.4, -0.2) is 61.1 Å². The van der Waals surface area contributed by atoms with Gasteiger partial charge in [-0.05, 0) is 48.7 Å². The largest absolute Gasteiger partial charge is 0.467 e. The molecule has 2 aliphatic heterocycles. The molecule has 2 aromatic carbocycles. The molecule has 0 radical (unpaired) electrons. The first-order valence-corrected chi connectivity index (χ1v) is 14.2. The topological polar surface area (TPSA) is 126 Å². The lowest BCUT2D eigenvalue weighted by Gasteiger charge is -2.31. The quantitative estimate of drug-likeness (QED) is 0.418. The first-order valence-electron chi connectivity index (χ1n) is 12.4. The first-order chi connectivity index (χ1) is 18.8. The van der Waals surface area contributed by atoms with Crippen LogP contribution in [0, 0.1) is 0 Å². The van der Waals surface area contributed by atoms with Gasteiger partial charge in [0, 0.05) is 24.7 Å². The molecule has 3 heterocycles. The number of amides is 3. The van der Waals surface area contributed by atoms with Crippen LogP contribution in [0.5, 0.6) is 0 Å². The number of nitrogens with one attached hydrogen (secondary N) is 1. The molecule has 1 fully saturated rings. The van der Waals surface area contributed by atoms with Gasteiger partial charge in [-0.1, -0.05) is 41.9 Å². The van der Waals surface area contributed by atoms with E-state index >= 15 is 0 Å². The van der Waals surface area contributed by atoms with E-state index in [1.807, 2.05) is 0 Å². The second-order valence-electron chi connectivity index (χ2n) is 9.22. The maximum atomic E-state index is 13.9. The van der Waals surface area contributed by atoms with E-state index in [2.05, 4.69) is 5.32 Å². The van der Waals surface area contributed by atoms with Gasteiger partial charge >= 0.3 is 0 Å². The molecule has 1 aromatic heterocycles. The maximum absolute atomic E-state index is 13.9. The molecule has 10 nitrogen and oxygen atoms in total. The number of fused-ring (bicyclic) bond motifs is 1. The van der Waals surface area contributed by atoms with E-state index in [9.17, 15) is 22.8 Å². The molecule has 2 unspecified atom stereocenters. The summed E-state index contributed by atoms with van der Waals surface area (Å²) in [6.45, 7) is -0.110. The minimum Gasteiger partial charge on any atom is -0.467 e. The van der Waals surface area contributed by atoms with Crippen LogP contribution in [-0.2, 0) is 30.9 Å². The molecular weight excluding hydrogens is 546 g/mol. The first kappa shape index (κ1) is 26.9. The van der Waals surface area contributed by atoms with Gasteiger partial charge in [-0.3, -0.25) is 14.4 Å². The van der Waals surface area contributed by atoms with Gasteiger partial charge in [-0.15, -0.1) is 0 Å². The molecule has 204 valence electrons. The van der Waals surface area contributed by atoms with Crippen molar-refractivity contribution in [3.05, 3.63) is 88.8 Å². The Kier molecular flexibility index (Phi) is 7.74. The summed E-state index contributed by atoms with van der Waals surface area (Å²) in [6.07, 6.45) is 2.91. The zero-order valence-corrected chi connectivity index (χ0v) is 22.4. The van der Waals surface area contributed by atoms with Crippen LogP contribution in [0.15, 0.2) is 76.2 Å². The second-order valence-corrected chi connectivity index (χ2v) is 11.5. The summed E-state index contributed by atoms with van der Waals surface area (Å²) in [6, 6.07) is 14.4. The Morgan fingerprint density at radius 2 is 1.87 bits per heavy atom. The highest BCUT2D eigenvalue weighted by molar-refractivity contribution is 7.90. The van der Waals surface area contributed by atoms with Crippen LogP contribution in [0.4, 0.5) is 0 Å². The zero-order chi connectivity index (χ0) is 27.6. The third kappa shape index (κ3) is 5.42. The van der Waals surface area contributed by atoms with E-state index in [0.29, 0.717) is 21.5 Å². The lowest BCUT2D eigenvalue weighted by atomic mass is 10.1. The summed E-state index contributed by atoms with van der Waals surface area (Å²) in [5, 5.41) is 3.18. The van der Waals surface area contributed by atoms with E-state index in [0.717, 1.165) is 12.8 Å². The summed E-state index contributed by atoms with van der Waals surface area (Å²) in [7, 11) is -4.26. The number of furan rings is 1. The van der Waals surface area contributed by atoms with Crippen molar-refractivity contribution in [1.29, 1.82) is 0 Å². The van der Waals surface area contributed by atoms with Crippen LogP contribution in [0.3, 0.4) is 0 Å². The predicted molar refractivity (Wildman–Crippen MR) is 140 cm³/mol. The van der Waals surface area contributed by atoms with Gasteiger partial charge < -0.3 is 19.4 Å². The summed E-state index contributed by atoms with van der Waals surface area (Å²) >= 11 is 6.39. The fraction of sp³-hybridized carbons (Fsp3) is 0.296. The number of nitrogens with zero attached hydrogens (tertiary/aromatic N) is 2. The summed E-state index contributed by atoms with van der Waals surface area (Å²) in [5.41, 5.74) is 0.509. The maximum Gasteiger partial charge on any atom is 0.269 e. The van der Waals surface area contributed by atoms with Crippen molar-refractivity contribution < 1.29 is 32.0 Å². The summed E-state index contributed by atoms with van der Waals surface area (Å²) < 4.78 is 38.0. The third-order valence-electron chi connectivity index (χ3n) is 6.71. The van der Waals surface area contributed by atoms with Gasteiger partial charge in [0.25, 0.3) is 21.8 Å². The number of carbonyl (C=O) groups is 3. The highest BCUT2D eigenvalue weighted by Gasteiger charge is 2.44. The van der Waals surface area contributed by atoms with Crippen LogP contribution < -0.4 is 5.32 Å². The number of ether oxygens (including phenoxy) is 1. The molecule has 1 saturated heterocycles. The number of carbonyl (C=O) groups excluding carboxylic acids is 3. The van der Waals surface area contributed by atoms with Gasteiger partial charge in [0.1, 0.15) is 17.2 Å². The Bertz CT molecular complexity index is 1490. The molecule has 3 aromatic rings. The standard InChI is InChI=1S/C27H26ClN3O7S/c28-21-10-3-1-7-18(21)16-30(24(32)17-31-27(34)20-9-2-4-12-23(20)39(31,35)36)25(22-11-6-14-38-22)26(33)29-15-19-8-5-13-37-19/h1-4,6-7,9-12,14,19,25H,5,8,13,15-17H2,(H,29,33). The molecule has 2 atom stereocenters. The monoisotopic (exact) mass is 571 g/mol. The van der Waals surface area contributed by atoms with Crippen LogP contribution in [0.2, 0.25) is 5.02 Å². The van der Waals surface area contributed by atoms with Crippen LogP contribution in [0.25, 0.3) is 0 Å². The van der Waals surface area contributed by atoms with E-state index < -0.39 is 40.3 Å². The SMILES string of the molecule is O=C(NCC1CCCO1)C(c1ccco1)N(Cc1ccccc1Cl)C(=O)CN1C(=O)c2ccccc2S1(=O)=O. The van der Waals surface area contributed by atoms with Crippen molar-refractivity contribution in [2.75, 3.05) is 19.7 Å². The molecule has 39 heavy (non-hydrogen) atoms. The Morgan fingerprint density at radius 3 is 2.56 bits per heavy atom. The minimum absolute atomic E-state index is 0.0140. The van der Waals surface area contributed by atoms with E-state index in [1.165, 1.54) is 29.4 Å². The van der Waals surface area contributed by atoms with Crippen molar-refractivity contribution in [1.82, 2.24) is 14.5 Å². The Balaban J connectivity index is 1.48. The number of hydrogen-bond donors (Lipinski definition) is 1. The van der Waals surface area contributed by atoms with E-state index in [1.54, 1.807) is 42.5 Å². The third-order valence-corrected chi connectivity index (χ3v) is 8.87. The minimum atomic E-state index is -4.26. The molecule has 3 amide bonds. The molecule has 5 rings (SSSR count). The number of sulfonamides is 1. The molecule has 0 aliphatic carbocycles. The van der Waals surface area contributed by atoms with Crippen molar-refractivity contribution in [2.45, 2.75) is 36.4 Å². The molecule has 2 aliphatic rings. The fourth-order valence-corrected chi connectivity index (χ4v) is 6.44. The lowest BCUT2D eigenvalue weighted by Crippen LogP contribution is -2.48. The van der Waals surface area contributed by atoms with Crippen molar-refractivity contribution >= 4 is 39.3 Å². The Morgan fingerprint density at radius 1 is 1.10 bits per heavy atom. The van der Waals surface area contributed by atoms with Crippen molar-refractivity contribution in [3.8, 4) is 0 Å². The molecule has 1 N–H and O–H groups in total. The molecular formula is C27H26ClN3O7S. The van der Waals surface area contributed by atoms with Crippen LogP contribution in [0.1, 0.15) is 40.6 Å². The normalized spacial score (nSPS) is 18.5. The molecule has 0 bridgehead atoms. The number of rotatable bonds is 9. The predicted octanol–water partition coefficient (Wildman–Crippen LogP) is 3.14. The fourth-order valence-electron chi connectivity index (χ4n) is 4.72. The smallest absolute Gasteiger partial charge is 0.269 e. The molecule has 0 saturated carbocycles. The average molecular weight is 572 g/mol. The Labute approximate surface area is 230 Å². The number of hydrogen-bond acceptors (Lipinski definition) is 7. The molecule has 0 spiro atoms.